The van der Waals surface area contributed by atoms with Gasteiger partial charge in [-0.25, -0.2) is 0 Å². The lowest BCUT2D eigenvalue weighted by Crippen LogP contribution is -2.00. The highest BCUT2D eigenvalue weighted by Crippen LogP contribution is 2.19. The molecule has 0 saturated carbocycles. The predicted molar refractivity (Wildman–Crippen MR) is 70.2 cm³/mol. The molecule has 92 valence electrons. The minimum absolute atomic E-state index is 0.560. The van der Waals surface area contributed by atoms with Crippen LogP contribution in [0.25, 0.3) is 10.9 Å². The van der Waals surface area contributed by atoms with Gasteiger partial charge < -0.3 is 14.8 Å². The first-order valence-electron chi connectivity index (χ1n) is 5.96. The smallest absolute Gasteiger partial charge is 0.133 e. The third kappa shape index (κ3) is 1.91. The van der Waals surface area contributed by atoms with Crippen LogP contribution in [0.1, 0.15) is 17.0 Å². The molecule has 0 spiro atoms. The molecule has 0 atom stereocenters. The van der Waals surface area contributed by atoms with E-state index in [9.17, 15) is 0 Å². The molecule has 0 radical (unpaired) electrons. The van der Waals surface area contributed by atoms with Gasteiger partial charge in [-0.05, 0) is 30.0 Å². The van der Waals surface area contributed by atoms with Crippen LogP contribution in [0.3, 0.4) is 0 Å². The van der Waals surface area contributed by atoms with Gasteiger partial charge in [0.1, 0.15) is 11.5 Å². The molecule has 0 saturated heterocycles. The van der Waals surface area contributed by atoms with Gasteiger partial charge in [0, 0.05) is 24.3 Å². The minimum atomic E-state index is 0.560. The second-order valence-corrected chi connectivity index (χ2v) is 4.47. The normalized spacial score (nSPS) is 11.2. The summed E-state index contributed by atoms with van der Waals surface area (Å²) in [4.78, 5) is 0. The van der Waals surface area contributed by atoms with Crippen molar-refractivity contribution >= 4 is 10.9 Å². The maximum Gasteiger partial charge on any atom is 0.133 e. The number of nitrogens with two attached hydrogens (primary N) is 1. The van der Waals surface area contributed by atoms with Gasteiger partial charge in [-0.15, -0.1) is 0 Å². The van der Waals surface area contributed by atoms with Crippen molar-refractivity contribution in [2.24, 2.45) is 5.73 Å². The first kappa shape index (κ1) is 11.0. The molecule has 4 nitrogen and oxygen atoms in total. The van der Waals surface area contributed by atoms with Gasteiger partial charge in [-0.3, -0.25) is 0 Å². The largest absolute Gasteiger partial charge is 0.361 e. The van der Waals surface area contributed by atoms with E-state index in [1.807, 2.05) is 13.0 Å². The van der Waals surface area contributed by atoms with Crippen LogP contribution in [-0.2, 0) is 13.1 Å². The van der Waals surface area contributed by atoms with Crippen molar-refractivity contribution in [1.82, 2.24) is 9.72 Å². The number of nitrogens with zero attached hydrogens (tertiary/aromatic N) is 2. The fourth-order valence-corrected chi connectivity index (χ4v) is 2.16. The molecule has 3 aromatic rings. The Morgan fingerprint density at radius 2 is 2.17 bits per heavy atom. The Morgan fingerprint density at radius 1 is 1.28 bits per heavy atom. The van der Waals surface area contributed by atoms with Gasteiger partial charge in [-0.2, -0.15) is 0 Å². The van der Waals surface area contributed by atoms with Crippen molar-refractivity contribution in [1.29, 1.82) is 0 Å². The SMILES string of the molecule is Cc1cc(Cn2ccc3ccc(CN)cc32)no1. The first-order chi connectivity index (χ1) is 8.76. The van der Waals surface area contributed by atoms with Crippen molar-refractivity contribution in [3.8, 4) is 0 Å². The molecule has 0 aliphatic carbocycles. The highest BCUT2D eigenvalue weighted by molar-refractivity contribution is 5.80. The second-order valence-electron chi connectivity index (χ2n) is 4.47. The van der Waals surface area contributed by atoms with Gasteiger partial charge in [0.2, 0.25) is 0 Å². The standard InChI is InChI=1S/C14H15N3O/c1-10-6-13(16-18-10)9-17-5-4-12-3-2-11(8-15)7-14(12)17/h2-7H,8-9,15H2,1H3. The fourth-order valence-electron chi connectivity index (χ4n) is 2.16. The Bertz CT molecular complexity index is 681. The summed E-state index contributed by atoms with van der Waals surface area (Å²) in [5.74, 6) is 0.837. The summed E-state index contributed by atoms with van der Waals surface area (Å²) in [6, 6.07) is 10.3. The number of benzene rings is 1. The van der Waals surface area contributed by atoms with Crippen molar-refractivity contribution in [2.75, 3.05) is 0 Å². The van der Waals surface area contributed by atoms with Crippen LogP contribution in [0, 0.1) is 6.92 Å². The fraction of sp³-hybridized carbons (Fsp3) is 0.214. The maximum atomic E-state index is 5.68. The zero-order chi connectivity index (χ0) is 12.5. The number of aryl methyl sites for hydroxylation is 1. The maximum absolute atomic E-state index is 5.68. The molecule has 18 heavy (non-hydrogen) atoms. The molecule has 2 heterocycles. The van der Waals surface area contributed by atoms with Crippen LogP contribution >= 0.6 is 0 Å². The van der Waals surface area contributed by atoms with Gasteiger partial charge in [0.05, 0.1) is 6.54 Å². The second kappa shape index (κ2) is 4.31. The average Bonchev–Trinajstić information content (AvgIpc) is 2.96. The van der Waals surface area contributed by atoms with E-state index in [1.165, 1.54) is 10.9 Å². The summed E-state index contributed by atoms with van der Waals surface area (Å²) >= 11 is 0. The molecule has 3 rings (SSSR count). The summed E-state index contributed by atoms with van der Waals surface area (Å²) in [5.41, 5.74) is 8.93. The van der Waals surface area contributed by atoms with Crippen LogP contribution in [-0.4, -0.2) is 9.72 Å². The van der Waals surface area contributed by atoms with E-state index in [0.29, 0.717) is 6.54 Å². The van der Waals surface area contributed by atoms with Gasteiger partial charge in [0.25, 0.3) is 0 Å². The summed E-state index contributed by atoms with van der Waals surface area (Å²) in [6.07, 6.45) is 2.06. The molecule has 0 amide bonds. The summed E-state index contributed by atoms with van der Waals surface area (Å²) < 4.78 is 7.25. The number of aromatic nitrogens is 2. The highest BCUT2D eigenvalue weighted by atomic mass is 16.5. The predicted octanol–water partition coefficient (Wildman–Crippen LogP) is 2.44. The molecule has 2 aromatic heterocycles. The molecular weight excluding hydrogens is 226 g/mol. The van der Waals surface area contributed by atoms with E-state index >= 15 is 0 Å². The Morgan fingerprint density at radius 3 is 2.89 bits per heavy atom. The van der Waals surface area contributed by atoms with Crippen molar-refractivity contribution < 1.29 is 4.52 Å². The summed E-state index contributed by atoms with van der Waals surface area (Å²) in [6.45, 7) is 3.18. The van der Waals surface area contributed by atoms with Crippen LogP contribution in [0.2, 0.25) is 0 Å². The van der Waals surface area contributed by atoms with E-state index in [-0.39, 0.29) is 0 Å². The van der Waals surface area contributed by atoms with E-state index in [0.717, 1.165) is 23.6 Å². The molecule has 1 aromatic carbocycles. The lowest BCUT2D eigenvalue weighted by atomic mass is 10.1. The van der Waals surface area contributed by atoms with E-state index < -0.39 is 0 Å². The molecule has 4 heteroatoms. The van der Waals surface area contributed by atoms with Gasteiger partial charge >= 0.3 is 0 Å². The number of hydrogen-bond donors (Lipinski definition) is 1. The van der Waals surface area contributed by atoms with Crippen molar-refractivity contribution in [2.45, 2.75) is 20.0 Å². The summed E-state index contributed by atoms with van der Waals surface area (Å²) in [7, 11) is 0. The molecule has 2 N–H and O–H groups in total. The number of rotatable bonds is 3. The third-order valence-electron chi connectivity index (χ3n) is 3.08. The minimum Gasteiger partial charge on any atom is -0.361 e. The molecular formula is C14H15N3O. The van der Waals surface area contributed by atoms with Crippen molar-refractivity contribution in [3.63, 3.8) is 0 Å². The molecule has 0 aliphatic rings. The first-order valence-corrected chi connectivity index (χ1v) is 5.96. The van der Waals surface area contributed by atoms with Crippen LogP contribution in [0.5, 0.6) is 0 Å². The number of hydrogen-bond acceptors (Lipinski definition) is 3. The molecule has 0 aliphatic heterocycles. The van der Waals surface area contributed by atoms with E-state index in [1.54, 1.807) is 0 Å². The lowest BCUT2D eigenvalue weighted by molar-refractivity contribution is 0.389. The van der Waals surface area contributed by atoms with Crippen LogP contribution in [0.4, 0.5) is 0 Å². The van der Waals surface area contributed by atoms with Gasteiger partial charge in [0.15, 0.2) is 0 Å². The Kier molecular flexibility index (Phi) is 2.64. The lowest BCUT2D eigenvalue weighted by Gasteiger charge is -2.04. The van der Waals surface area contributed by atoms with Crippen molar-refractivity contribution in [3.05, 3.63) is 53.5 Å². The Balaban J connectivity index is 2.01. The average molecular weight is 241 g/mol. The molecule has 0 fully saturated rings. The van der Waals surface area contributed by atoms with Crippen LogP contribution in [0.15, 0.2) is 41.1 Å². The highest BCUT2D eigenvalue weighted by Gasteiger charge is 2.05. The van der Waals surface area contributed by atoms with E-state index in [4.69, 9.17) is 10.3 Å². The molecule has 0 unspecified atom stereocenters. The zero-order valence-electron chi connectivity index (χ0n) is 10.3. The van der Waals surface area contributed by atoms with Gasteiger partial charge in [-0.1, -0.05) is 17.3 Å². The zero-order valence-corrected chi connectivity index (χ0v) is 10.3. The van der Waals surface area contributed by atoms with E-state index in [2.05, 4.69) is 40.2 Å². The summed E-state index contributed by atoms with van der Waals surface area (Å²) in [5, 5.41) is 5.23. The topological polar surface area (TPSA) is 57.0 Å². The Labute approximate surface area is 105 Å². The monoisotopic (exact) mass is 241 g/mol. The number of fused-ring (bicyclic) bond motifs is 1. The molecule has 0 bridgehead atoms. The van der Waals surface area contributed by atoms with Crippen LogP contribution < -0.4 is 5.73 Å². The third-order valence-corrected chi connectivity index (χ3v) is 3.08. The quantitative estimate of drug-likeness (QED) is 0.766. The Hall–Kier alpha value is -2.07.